The van der Waals surface area contributed by atoms with E-state index >= 15 is 0 Å². The Bertz CT molecular complexity index is 1290. The molecule has 0 saturated carbocycles. The van der Waals surface area contributed by atoms with Crippen LogP contribution in [0.2, 0.25) is 0 Å². The summed E-state index contributed by atoms with van der Waals surface area (Å²) in [7, 11) is 0. The smallest absolute Gasteiger partial charge is 0.303 e. The van der Waals surface area contributed by atoms with E-state index in [0.29, 0.717) is 28.4 Å². The van der Waals surface area contributed by atoms with Crippen molar-refractivity contribution < 1.29 is 19.4 Å². The molecular weight excluding hydrogens is 464 g/mol. The highest BCUT2D eigenvalue weighted by Gasteiger charge is 2.21. The number of nitriles is 1. The third-order valence-corrected chi connectivity index (χ3v) is 6.05. The second kappa shape index (κ2) is 12.7. The van der Waals surface area contributed by atoms with Gasteiger partial charge in [0.2, 0.25) is 0 Å². The number of rotatable bonds is 11. The van der Waals surface area contributed by atoms with Crippen LogP contribution in [0.15, 0.2) is 60.7 Å². The van der Waals surface area contributed by atoms with E-state index in [2.05, 4.69) is 43.4 Å². The molecule has 0 aliphatic carbocycles. The van der Waals surface area contributed by atoms with Crippen LogP contribution >= 0.6 is 0 Å². The molecule has 0 radical (unpaired) electrons. The molecule has 1 unspecified atom stereocenters. The summed E-state index contributed by atoms with van der Waals surface area (Å²) in [6.45, 7) is 8.57. The molecule has 0 spiro atoms. The number of carboxylic acid groups (broad SMARTS) is 1. The number of hydrogen-bond acceptors (Lipinski definition) is 4. The molecule has 6 heteroatoms. The molecule has 6 nitrogen and oxygen atoms in total. The summed E-state index contributed by atoms with van der Waals surface area (Å²) in [5.41, 5.74) is 5.77. The van der Waals surface area contributed by atoms with Crippen LogP contribution in [0.25, 0.3) is 0 Å². The first-order valence-corrected chi connectivity index (χ1v) is 12.5. The van der Waals surface area contributed by atoms with E-state index in [1.165, 1.54) is 0 Å². The number of carboxylic acids is 1. The van der Waals surface area contributed by atoms with Gasteiger partial charge >= 0.3 is 5.97 Å². The Balaban J connectivity index is 1.89. The number of ether oxygens (including phenoxy) is 1. The first-order valence-electron chi connectivity index (χ1n) is 12.5. The van der Waals surface area contributed by atoms with Gasteiger partial charge in [-0.15, -0.1) is 0 Å². The number of aryl methyl sites for hydroxylation is 3. The summed E-state index contributed by atoms with van der Waals surface area (Å²) in [6, 6.07) is 20.6. The van der Waals surface area contributed by atoms with Gasteiger partial charge in [-0.2, -0.15) is 5.26 Å². The van der Waals surface area contributed by atoms with Gasteiger partial charge in [0.05, 0.1) is 17.7 Å². The minimum Gasteiger partial charge on any atom is -0.489 e. The lowest BCUT2D eigenvalue weighted by atomic mass is 9.93. The zero-order valence-electron chi connectivity index (χ0n) is 21.9. The molecule has 0 aliphatic rings. The maximum Gasteiger partial charge on any atom is 0.303 e. The van der Waals surface area contributed by atoms with Crippen molar-refractivity contribution in [3.8, 4) is 11.8 Å². The van der Waals surface area contributed by atoms with E-state index in [9.17, 15) is 14.7 Å². The van der Waals surface area contributed by atoms with Crippen LogP contribution in [0, 0.1) is 31.1 Å². The van der Waals surface area contributed by atoms with Crippen molar-refractivity contribution in [2.75, 3.05) is 0 Å². The van der Waals surface area contributed by atoms with Gasteiger partial charge in [0.1, 0.15) is 12.4 Å². The quantitative estimate of drug-likeness (QED) is 0.324. The van der Waals surface area contributed by atoms with E-state index in [0.717, 1.165) is 28.7 Å². The third-order valence-electron chi connectivity index (χ3n) is 6.05. The Hall–Kier alpha value is -4.11. The Kier molecular flexibility index (Phi) is 9.45. The Morgan fingerprint density at radius 1 is 1.03 bits per heavy atom. The maximum absolute atomic E-state index is 13.6. The predicted octanol–water partition coefficient (Wildman–Crippen LogP) is 6.29. The molecule has 0 bridgehead atoms. The fourth-order valence-electron chi connectivity index (χ4n) is 4.41. The Labute approximate surface area is 218 Å². The number of nitrogens with zero attached hydrogens (tertiary/aromatic N) is 1. The lowest BCUT2D eigenvalue weighted by molar-refractivity contribution is -0.136. The van der Waals surface area contributed by atoms with E-state index < -0.39 is 5.97 Å². The molecule has 1 amide bonds. The van der Waals surface area contributed by atoms with Crippen molar-refractivity contribution in [3.05, 3.63) is 99.6 Å². The number of benzene rings is 3. The van der Waals surface area contributed by atoms with Crippen LogP contribution in [0.3, 0.4) is 0 Å². The molecule has 1 atom stereocenters. The van der Waals surface area contributed by atoms with Gasteiger partial charge in [-0.05, 0) is 73.6 Å². The lowest BCUT2D eigenvalue weighted by Gasteiger charge is -2.23. The minimum absolute atomic E-state index is 0.0755. The van der Waals surface area contributed by atoms with Crippen LogP contribution in [0.5, 0.6) is 5.75 Å². The van der Waals surface area contributed by atoms with Crippen molar-refractivity contribution in [2.24, 2.45) is 5.92 Å². The standard InChI is InChI=1S/C31H34N2O4/c1-20(2)12-29(26-14-21(3)13-22(4)15-26)33-31(36)28-17-27(10-8-25(28)9-11-30(34)35)37-19-24-7-5-6-23(16-24)18-32/h5-8,10,13-17,20,29H,9,11-12,19H2,1-4H3,(H,33,36)(H,34,35). The number of aliphatic carboxylic acids is 1. The highest BCUT2D eigenvalue weighted by Crippen LogP contribution is 2.26. The van der Waals surface area contributed by atoms with Crippen molar-refractivity contribution in [1.29, 1.82) is 5.26 Å². The fourth-order valence-corrected chi connectivity index (χ4v) is 4.41. The first kappa shape index (κ1) is 27.5. The monoisotopic (exact) mass is 498 g/mol. The summed E-state index contributed by atoms with van der Waals surface area (Å²) < 4.78 is 5.94. The summed E-state index contributed by atoms with van der Waals surface area (Å²) in [5, 5.41) is 21.5. The largest absolute Gasteiger partial charge is 0.489 e. The van der Waals surface area contributed by atoms with Crippen LogP contribution < -0.4 is 10.1 Å². The predicted molar refractivity (Wildman–Crippen MR) is 143 cm³/mol. The number of amides is 1. The average molecular weight is 499 g/mol. The number of carbonyl (C=O) groups is 2. The zero-order chi connectivity index (χ0) is 26.9. The number of carbonyl (C=O) groups excluding carboxylic acids is 1. The van der Waals surface area contributed by atoms with Crippen LogP contribution in [-0.2, 0) is 17.8 Å². The molecule has 3 aromatic carbocycles. The van der Waals surface area contributed by atoms with Gasteiger partial charge in [0.15, 0.2) is 0 Å². The van der Waals surface area contributed by atoms with Crippen LogP contribution in [0.1, 0.15) is 76.5 Å². The summed E-state index contributed by atoms with van der Waals surface area (Å²) >= 11 is 0. The zero-order valence-corrected chi connectivity index (χ0v) is 21.9. The maximum atomic E-state index is 13.6. The molecule has 2 N–H and O–H groups in total. The van der Waals surface area contributed by atoms with Crippen molar-refractivity contribution in [2.45, 2.75) is 59.6 Å². The highest BCUT2D eigenvalue weighted by molar-refractivity contribution is 5.96. The topological polar surface area (TPSA) is 99.4 Å². The molecule has 0 saturated heterocycles. The molecule has 3 aromatic rings. The average Bonchev–Trinajstić information content (AvgIpc) is 2.85. The molecule has 0 aromatic heterocycles. The summed E-state index contributed by atoms with van der Waals surface area (Å²) in [6.07, 6.45) is 0.930. The second-order valence-electron chi connectivity index (χ2n) is 9.89. The van der Waals surface area contributed by atoms with Gasteiger partial charge < -0.3 is 15.2 Å². The normalized spacial score (nSPS) is 11.6. The van der Waals surface area contributed by atoms with E-state index in [-0.39, 0.29) is 31.4 Å². The van der Waals surface area contributed by atoms with Crippen molar-refractivity contribution >= 4 is 11.9 Å². The fraction of sp³-hybridized carbons (Fsp3) is 0.323. The van der Waals surface area contributed by atoms with Gasteiger partial charge in [-0.1, -0.05) is 61.4 Å². The van der Waals surface area contributed by atoms with Gasteiger partial charge in [-0.3, -0.25) is 9.59 Å². The van der Waals surface area contributed by atoms with E-state index in [1.54, 1.807) is 36.4 Å². The second-order valence-corrected chi connectivity index (χ2v) is 9.89. The first-order chi connectivity index (χ1) is 17.6. The lowest BCUT2D eigenvalue weighted by Crippen LogP contribution is -2.30. The molecule has 192 valence electrons. The van der Waals surface area contributed by atoms with Crippen molar-refractivity contribution in [1.82, 2.24) is 5.32 Å². The Morgan fingerprint density at radius 2 is 1.76 bits per heavy atom. The number of nitrogens with one attached hydrogen (secondary N) is 1. The molecule has 0 aliphatic heterocycles. The van der Waals surface area contributed by atoms with Crippen LogP contribution in [-0.4, -0.2) is 17.0 Å². The van der Waals surface area contributed by atoms with E-state index in [1.807, 2.05) is 19.9 Å². The van der Waals surface area contributed by atoms with Gasteiger partial charge in [-0.25, -0.2) is 0 Å². The van der Waals surface area contributed by atoms with Crippen molar-refractivity contribution in [3.63, 3.8) is 0 Å². The molecule has 0 heterocycles. The summed E-state index contributed by atoms with van der Waals surface area (Å²) in [4.78, 5) is 24.8. The van der Waals surface area contributed by atoms with Gasteiger partial charge in [0.25, 0.3) is 5.91 Å². The highest BCUT2D eigenvalue weighted by atomic mass is 16.5. The minimum atomic E-state index is -0.919. The third kappa shape index (κ3) is 8.22. The molecule has 3 rings (SSSR count). The molecular formula is C31H34N2O4. The Morgan fingerprint density at radius 3 is 2.41 bits per heavy atom. The molecule has 0 fully saturated rings. The summed E-state index contributed by atoms with van der Waals surface area (Å²) in [5.74, 6) is -0.325. The van der Waals surface area contributed by atoms with Gasteiger partial charge in [0, 0.05) is 12.0 Å². The molecule has 37 heavy (non-hydrogen) atoms. The number of hydrogen-bond donors (Lipinski definition) is 2. The SMILES string of the molecule is Cc1cc(C)cc(C(CC(C)C)NC(=O)c2cc(OCc3cccc(C#N)c3)ccc2CCC(=O)O)c1. The van der Waals surface area contributed by atoms with E-state index in [4.69, 9.17) is 10.00 Å². The van der Waals surface area contributed by atoms with Crippen LogP contribution in [0.4, 0.5) is 0 Å².